The molecule has 0 N–H and O–H groups in total. The third kappa shape index (κ3) is 6.17. The number of aromatic nitrogens is 3. The Kier molecular flexibility index (Phi) is 8.85. The van der Waals surface area contributed by atoms with Gasteiger partial charge in [-0.05, 0) is 107 Å². The molecule has 3 nitrogen and oxygen atoms in total. The van der Waals surface area contributed by atoms with Crippen molar-refractivity contribution in [3.63, 3.8) is 0 Å². The van der Waals surface area contributed by atoms with Crippen molar-refractivity contribution < 1.29 is 0 Å². The van der Waals surface area contributed by atoms with Crippen molar-refractivity contribution in [1.82, 2.24) is 15.0 Å². The number of rotatable bonds is 7. The Morgan fingerprint density at radius 3 is 1.30 bits per heavy atom. The molecular weight excluding hydrogens is 799 g/mol. The second-order valence-electron chi connectivity index (χ2n) is 17.0. The van der Waals surface area contributed by atoms with Crippen LogP contribution in [0.1, 0.15) is 0 Å². The van der Waals surface area contributed by atoms with E-state index in [1.807, 2.05) is 18.3 Å². The maximum atomic E-state index is 5.23. The first-order valence-electron chi connectivity index (χ1n) is 22.5. The highest BCUT2D eigenvalue weighted by atomic mass is 14.9. The van der Waals surface area contributed by atoms with E-state index in [9.17, 15) is 0 Å². The standard InChI is InChI=1S/C63H39N3/c1-4-15-42(16-5-1)56-39-57(66-63(65-56)46-33-29-41(30-34-46)48-37-38-64-55-26-13-12-21-49(48)55)43-31-27-40(28-32-43)47-35-36-54-60-50(47)24-14-25-53(60)61-58(44-17-6-2-7-18-44)51-22-10-11-23-52(51)59(62(54)61)45-19-8-3-9-20-45/h1-39H. The van der Waals surface area contributed by atoms with Crippen LogP contribution in [0.3, 0.4) is 0 Å². The van der Waals surface area contributed by atoms with Gasteiger partial charge >= 0.3 is 0 Å². The molecule has 1 aliphatic rings. The van der Waals surface area contributed by atoms with Gasteiger partial charge in [0, 0.05) is 28.3 Å². The summed E-state index contributed by atoms with van der Waals surface area (Å²) in [5, 5.41) is 6.21. The molecule has 0 atom stereocenters. The molecule has 0 unspecified atom stereocenters. The summed E-state index contributed by atoms with van der Waals surface area (Å²) in [6.07, 6.45) is 1.88. The molecule has 306 valence electrons. The van der Waals surface area contributed by atoms with Crippen LogP contribution in [0.4, 0.5) is 0 Å². The second-order valence-corrected chi connectivity index (χ2v) is 17.0. The van der Waals surface area contributed by atoms with Gasteiger partial charge in [-0.1, -0.05) is 212 Å². The van der Waals surface area contributed by atoms with Gasteiger partial charge < -0.3 is 0 Å². The van der Waals surface area contributed by atoms with Crippen molar-refractivity contribution in [3.8, 4) is 101 Å². The predicted molar refractivity (Wildman–Crippen MR) is 275 cm³/mol. The maximum absolute atomic E-state index is 5.23. The molecule has 0 spiro atoms. The highest BCUT2D eigenvalue weighted by Crippen LogP contribution is 2.58. The molecule has 1 aliphatic carbocycles. The molecule has 10 aromatic carbocycles. The zero-order chi connectivity index (χ0) is 43.6. The highest BCUT2D eigenvalue weighted by Gasteiger charge is 2.31. The molecule has 66 heavy (non-hydrogen) atoms. The van der Waals surface area contributed by atoms with Crippen LogP contribution in [0.25, 0.3) is 133 Å². The van der Waals surface area contributed by atoms with Crippen molar-refractivity contribution in [2.24, 2.45) is 0 Å². The van der Waals surface area contributed by atoms with Crippen LogP contribution in [-0.2, 0) is 0 Å². The minimum absolute atomic E-state index is 0.686. The maximum Gasteiger partial charge on any atom is 0.160 e. The lowest BCUT2D eigenvalue weighted by Crippen LogP contribution is -1.96. The average Bonchev–Trinajstić information content (AvgIpc) is 3.73. The first-order valence-corrected chi connectivity index (χ1v) is 22.5. The summed E-state index contributed by atoms with van der Waals surface area (Å²) in [4.78, 5) is 14.9. The highest BCUT2D eigenvalue weighted by molar-refractivity contribution is 6.28. The number of pyridine rings is 1. The van der Waals surface area contributed by atoms with Crippen LogP contribution in [-0.4, -0.2) is 15.0 Å². The Labute approximate surface area is 383 Å². The number of hydrogen-bond donors (Lipinski definition) is 0. The van der Waals surface area contributed by atoms with Crippen LogP contribution in [0.5, 0.6) is 0 Å². The van der Waals surface area contributed by atoms with E-state index in [0.29, 0.717) is 5.82 Å². The molecule has 0 aliphatic heterocycles. The summed E-state index contributed by atoms with van der Waals surface area (Å²) in [5.74, 6) is 0.686. The van der Waals surface area contributed by atoms with Gasteiger partial charge in [0.1, 0.15) is 0 Å². The summed E-state index contributed by atoms with van der Waals surface area (Å²) < 4.78 is 0. The average molecular weight is 838 g/mol. The topological polar surface area (TPSA) is 38.7 Å². The molecule has 0 fully saturated rings. The minimum Gasteiger partial charge on any atom is -0.256 e. The van der Waals surface area contributed by atoms with Gasteiger partial charge in [-0.3, -0.25) is 4.98 Å². The Bertz CT molecular complexity index is 3730. The molecule has 13 rings (SSSR count). The van der Waals surface area contributed by atoms with Crippen LogP contribution < -0.4 is 0 Å². The van der Waals surface area contributed by atoms with Gasteiger partial charge in [0.25, 0.3) is 0 Å². The summed E-state index contributed by atoms with van der Waals surface area (Å²) >= 11 is 0. The zero-order valence-corrected chi connectivity index (χ0v) is 35.9. The number of fused-ring (bicyclic) bond motifs is 5. The van der Waals surface area contributed by atoms with E-state index in [4.69, 9.17) is 9.97 Å². The van der Waals surface area contributed by atoms with Crippen LogP contribution in [0, 0.1) is 0 Å². The Hall–Kier alpha value is -8.79. The van der Waals surface area contributed by atoms with E-state index in [0.717, 1.165) is 55.7 Å². The summed E-state index contributed by atoms with van der Waals surface area (Å²) in [6, 6.07) is 82.7. The molecule has 2 heterocycles. The number of hydrogen-bond acceptors (Lipinski definition) is 3. The molecular formula is C63H39N3. The van der Waals surface area contributed by atoms with E-state index in [-0.39, 0.29) is 0 Å². The predicted octanol–water partition coefficient (Wildman–Crippen LogP) is 16.6. The molecule has 0 saturated carbocycles. The fourth-order valence-electron chi connectivity index (χ4n) is 10.3. The van der Waals surface area contributed by atoms with Crippen LogP contribution in [0.2, 0.25) is 0 Å². The minimum atomic E-state index is 0.686. The largest absolute Gasteiger partial charge is 0.256 e. The monoisotopic (exact) mass is 837 g/mol. The van der Waals surface area contributed by atoms with E-state index in [1.165, 1.54) is 71.6 Å². The molecule has 3 heteroatoms. The van der Waals surface area contributed by atoms with Gasteiger partial charge in [0.2, 0.25) is 0 Å². The fourth-order valence-corrected chi connectivity index (χ4v) is 10.3. The molecule has 0 amide bonds. The molecule has 0 saturated heterocycles. The van der Waals surface area contributed by atoms with Gasteiger partial charge in [-0.2, -0.15) is 0 Å². The Morgan fingerprint density at radius 1 is 0.258 bits per heavy atom. The van der Waals surface area contributed by atoms with Crippen molar-refractivity contribution in [3.05, 3.63) is 237 Å². The lowest BCUT2D eigenvalue weighted by atomic mass is 9.82. The van der Waals surface area contributed by atoms with E-state index >= 15 is 0 Å². The molecule has 0 bridgehead atoms. The first-order chi connectivity index (χ1) is 32.7. The van der Waals surface area contributed by atoms with Gasteiger partial charge in [-0.25, -0.2) is 9.97 Å². The summed E-state index contributed by atoms with van der Waals surface area (Å²) in [5.41, 5.74) is 20.6. The van der Waals surface area contributed by atoms with Crippen LogP contribution in [0.15, 0.2) is 237 Å². The normalized spacial score (nSPS) is 11.6. The zero-order valence-electron chi connectivity index (χ0n) is 35.9. The van der Waals surface area contributed by atoms with E-state index in [2.05, 4.69) is 223 Å². The SMILES string of the molecule is c1ccc(-c2cc(-c3ccc(-c4ccc5c6c(cccc46)-c4c-5c(-c5ccccc5)c5ccccc5c4-c4ccccc4)cc3)nc(-c3ccc(-c4ccnc5ccccc45)cc3)n2)cc1. The van der Waals surface area contributed by atoms with E-state index in [1.54, 1.807) is 0 Å². The Morgan fingerprint density at radius 2 is 0.697 bits per heavy atom. The quantitative estimate of drug-likeness (QED) is 0.160. The smallest absolute Gasteiger partial charge is 0.160 e. The molecule has 2 aromatic heterocycles. The molecule has 0 radical (unpaired) electrons. The number of nitrogens with zero attached hydrogens (tertiary/aromatic N) is 3. The summed E-state index contributed by atoms with van der Waals surface area (Å²) in [6.45, 7) is 0. The second kappa shape index (κ2) is 15.5. The van der Waals surface area contributed by atoms with Crippen LogP contribution >= 0.6 is 0 Å². The van der Waals surface area contributed by atoms with Gasteiger partial charge in [0.15, 0.2) is 5.82 Å². The lowest BCUT2D eigenvalue weighted by Gasteiger charge is -2.20. The van der Waals surface area contributed by atoms with Crippen molar-refractivity contribution >= 4 is 32.4 Å². The van der Waals surface area contributed by atoms with Crippen molar-refractivity contribution in [2.75, 3.05) is 0 Å². The number of benzene rings is 10. The summed E-state index contributed by atoms with van der Waals surface area (Å²) in [7, 11) is 0. The third-order valence-electron chi connectivity index (χ3n) is 13.3. The third-order valence-corrected chi connectivity index (χ3v) is 13.3. The Balaban J connectivity index is 0.927. The number of para-hydroxylation sites is 1. The van der Waals surface area contributed by atoms with E-state index < -0.39 is 0 Å². The van der Waals surface area contributed by atoms with Crippen molar-refractivity contribution in [1.29, 1.82) is 0 Å². The molecule has 12 aromatic rings. The fraction of sp³-hybridized carbons (Fsp3) is 0. The lowest BCUT2D eigenvalue weighted by molar-refractivity contribution is 1.18. The van der Waals surface area contributed by atoms with Crippen molar-refractivity contribution in [2.45, 2.75) is 0 Å². The van der Waals surface area contributed by atoms with Gasteiger partial charge in [0.05, 0.1) is 16.9 Å². The first kappa shape index (κ1) is 37.7. The van der Waals surface area contributed by atoms with Gasteiger partial charge in [-0.15, -0.1) is 0 Å².